The van der Waals surface area contributed by atoms with Crippen LogP contribution in [0.2, 0.25) is 0 Å². The normalized spacial score (nSPS) is 10.8. The Labute approximate surface area is 116 Å². The molecule has 0 aliphatic heterocycles. The Morgan fingerprint density at radius 3 is 2.11 bits per heavy atom. The van der Waals surface area contributed by atoms with E-state index < -0.39 is 5.97 Å². The molecule has 100 valence electrons. The van der Waals surface area contributed by atoms with E-state index in [0.717, 1.165) is 21.7 Å². The van der Waals surface area contributed by atoms with Gasteiger partial charge in [0.2, 0.25) is 0 Å². The summed E-state index contributed by atoms with van der Waals surface area (Å²) in [6, 6.07) is 2.13. The number of carboxylic acid groups (broad SMARTS) is 1. The van der Waals surface area contributed by atoms with Crippen LogP contribution in [0.3, 0.4) is 0 Å². The zero-order chi connectivity index (χ0) is 14.3. The second-order valence-corrected chi connectivity index (χ2v) is 6.05. The van der Waals surface area contributed by atoms with Crippen LogP contribution >= 0.6 is 11.3 Å². The number of carbonyl (C=O) groups is 1. The van der Waals surface area contributed by atoms with Gasteiger partial charge in [0.1, 0.15) is 4.88 Å². The van der Waals surface area contributed by atoms with Crippen molar-refractivity contribution in [3.63, 3.8) is 0 Å². The molecule has 4 heteroatoms. The van der Waals surface area contributed by atoms with Crippen molar-refractivity contribution in [2.24, 2.45) is 0 Å². The monoisotopic (exact) mass is 275 g/mol. The van der Waals surface area contributed by atoms with Crippen molar-refractivity contribution in [3.05, 3.63) is 38.2 Å². The van der Waals surface area contributed by atoms with Gasteiger partial charge < -0.3 is 5.11 Å². The number of hydrogen-bond donors (Lipinski definition) is 1. The van der Waals surface area contributed by atoms with Gasteiger partial charge in [-0.2, -0.15) is 0 Å². The summed E-state index contributed by atoms with van der Waals surface area (Å²) in [6.45, 7) is 9.98. The van der Waals surface area contributed by atoms with E-state index in [0.29, 0.717) is 10.6 Å². The maximum atomic E-state index is 11.4. The summed E-state index contributed by atoms with van der Waals surface area (Å²) < 4.78 is 0. The van der Waals surface area contributed by atoms with Gasteiger partial charge in [0.15, 0.2) is 0 Å². The fraction of sp³-hybridized carbons (Fsp3) is 0.333. The molecule has 1 heterocycles. The highest BCUT2D eigenvalue weighted by atomic mass is 32.1. The lowest BCUT2D eigenvalue weighted by Gasteiger charge is -2.14. The smallest absolute Gasteiger partial charge is 0.348 e. The standard InChI is InChI=1S/C15H17NO2S/c1-7-6-8(2)10(4)12(9(7)3)13-14(15(17)18)19-11(5)16-13/h6H,1-5H3,(H,17,18). The first-order valence-electron chi connectivity index (χ1n) is 6.11. The van der Waals surface area contributed by atoms with Crippen LogP contribution in [0.5, 0.6) is 0 Å². The van der Waals surface area contributed by atoms with Crippen LogP contribution in [0.25, 0.3) is 11.3 Å². The lowest BCUT2D eigenvalue weighted by Crippen LogP contribution is -2.01. The van der Waals surface area contributed by atoms with E-state index in [1.165, 1.54) is 22.5 Å². The van der Waals surface area contributed by atoms with Crippen molar-refractivity contribution in [2.45, 2.75) is 34.6 Å². The first-order chi connectivity index (χ1) is 8.82. The SMILES string of the molecule is Cc1nc(-c2c(C)c(C)cc(C)c2C)c(C(=O)O)s1. The van der Waals surface area contributed by atoms with Crippen LogP contribution in [0, 0.1) is 34.6 Å². The fourth-order valence-corrected chi connectivity index (χ4v) is 3.08. The number of carboxylic acids is 1. The van der Waals surface area contributed by atoms with E-state index in [1.807, 2.05) is 34.6 Å². The molecule has 0 atom stereocenters. The van der Waals surface area contributed by atoms with Gasteiger partial charge in [-0.15, -0.1) is 11.3 Å². The van der Waals surface area contributed by atoms with Crippen molar-refractivity contribution < 1.29 is 9.90 Å². The molecule has 1 aromatic heterocycles. The zero-order valence-corrected chi connectivity index (χ0v) is 12.6. The molecule has 0 amide bonds. The summed E-state index contributed by atoms with van der Waals surface area (Å²) in [5, 5.41) is 10.1. The number of aromatic carboxylic acids is 1. The molecule has 1 aromatic carbocycles. The largest absolute Gasteiger partial charge is 0.477 e. The van der Waals surface area contributed by atoms with Gasteiger partial charge in [-0.25, -0.2) is 9.78 Å². The predicted octanol–water partition coefficient (Wildman–Crippen LogP) is 4.05. The van der Waals surface area contributed by atoms with Gasteiger partial charge in [-0.05, 0) is 56.9 Å². The van der Waals surface area contributed by atoms with Crippen molar-refractivity contribution in [1.29, 1.82) is 0 Å². The molecule has 0 fully saturated rings. The molecule has 0 aliphatic rings. The van der Waals surface area contributed by atoms with Gasteiger partial charge in [0.25, 0.3) is 0 Å². The van der Waals surface area contributed by atoms with Crippen LogP contribution in [0.1, 0.15) is 36.9 Å². The van der Waals surface area contributed by atoms with Crippen molar-refractivity contribution >= 4 is 17.3 Å². The number of thiazole rings is 1. The highest BCUT2D eigenvalue weighted by molar-refractivity contribution is 7.14. The summed E-state index contributed by atoms with van der Waals surface area (Å²) in [4.78, 5) is 16.1. The molecular weight excluding hydrogens is 258 g/mol. The van der Waals surface area contributed by atoms with Gasteiger partial charge in [-0.3, -0.25) is 0 Å². The molecule has 0 aliphatic carbocycles. The van der Waals surface area contributed by atoms with E-state index in [2.05, 4.69) is 11.1 Å². The summed E-state index contributed by atoms with van der Waals surface area (Å²) in [7, 11) is 0. The topological polar surface area (TPSA) is 50.2 Å². The molecule has 0 spiro atoms. The van der Waals surface area contributed by atoms with Gasteiger partial charge in [0.05, 0.1) is 10.7 Å². The number of benzene rings is 1. The molecule has 2 rings (SSSR count). The Hall–Kier alpha value is -1.68. The number of aromatic nitrogens is 1. The van der Waals surface area contributed by atoms with Crippen molar-refractivity contribution in [1.82, 2.24) is 4.98 Å². The summed E-state index contributed by atoms with van der Waals surface area (Å²) in [5.41, 5.74) is 6.13. The minimum Gasteiger partial charge on any atom is -0.477 e. The Balaban J connectivity index is 2.83. The third-order valence-electron chi connectivity index (χ3n) is 3.53. The Morgan fingerprint density at radius 1 is 1.11 bits per heavy atom. The number of aryl methyl sites for hydroxylation is 3. The van der Waals surface area contributed by atoms with Gasteiger partial charge >= 0.3 is 5.97 Å². The third kappa shape index (κ3) is 2.28. The average molecular weight is 275 g/mol. The fourth-order valence-electron chi connectivity index (χ4n) is 2.31. The number of hydrogen-bond acceptors (Lipinski definition) is 3. The summed E-state index contributed by atoms with van der Waals surface area (Å²) >= 11 is 1.24. The highest BCUT2D eigenvalue weighted by Gasteiger charge is 2.21. The molecule has 0 unspecified atom stereocenters. The molecule has 3 nitrogen and oxygen atoms in total. The van der Waals surface area contributed by atoms with Crippen molar-refractivity contribution in [3.8, 4) is 11.3 Å². The lowest BCUT2D eigenvalue weighted by molar-refractivity contribution is 0.0702. The molecule has 0 saturated heterocycles. The Kier molecular flexibility index (Phi) is 3.45. The molecule has 0 saturated carbocycles. The molecular formula is C15H17NO2S. The van der Waals surface area contributed by atoms with E-state index >= 15 is 0 Å². The second kappa shape index (κ2) is 4.78. The van der Waals surface area contributed by atoms with Crippen LogP contribution in [-0.4, -0.2) is 16.1 Å². The minimum absolute atomic E-state index is 0.328. The molecule has 0 bridgehead atoms. The van der Waals surface area contributed by atoms with E-state index in [4.69, 9.17) is 0 Å². The predicted molar refractivity (Wildman–Crippen MR) is 78.2 cm³/mol. The average Bonchev–Trinajstić information content (AvgIpc) is 2.69. The molecule has 19 heavy (non-hydrogen) atoms. The van der Waals surface area contributed by atoms with Crippen molar-refractivity contribution in [2.75, 3.05) is 0 Å². The summed E-state index contributed by atoms with van der Waals surface area (Å²) in [5.74, 6) is -0.904. The van der Waals surface area contributed by atoms with E-state index in [9.17, 15) is 9.90 Å². The number of nitrogens with zero attached hydrogens (tertiary/aromatic N) is 1. The quantitative estimate of drug-likeness (QED) is 0.899. The van der Waals surface area contributed by atoms with Crippen LogP contribution < -0.4 is 0 Å². The van der Waals surface area contributed by atoms with Crippen LogP contribution in [0.15, 0.2) is 6.07 Å². The van der Waals surface area contributed by atoms with Gasteiger partial charge in [-0.1, -0.05) is 6.07 Å². The first-order valence-corrected chi connectivity index (χ1v) is 6.93. The Morgan fingerprint density at radius 2 is 1.63 bits per heavy atom. The maximum Gasteiger partial charge on any atom is 0.348 e. The Bertz CT molecular complexity index is 645. The van der Waals surface area contributed by atoms with Crippen LogP contribution in [0.4, 0.5) is 0 Å². The van der Waals surface area contributed by atoms with Gasteiger partial charge in [0, 0.05) is 5.56 Å². The molecule has 0 radical (unpaired) electrons. The van der Waals surface area contributed by atoms with E-state index in [-0.39, 0.29) is 0 Å². The molecule has 1 N–H and O–H groups in total. The molecule has 2 aromatic rings. The number of rotatable bonds is 2. The maximum absolute atomic E-state index is 11.4. The van der Waals surface area contributed by atoms with Crippen LogP contribution in [-0.2, 0) is 0 Å². The summed E-state index contributed by atoms with van der Waals surface area (Å²) in [6.07, 6.45) is 0. The van der Waals surface area contributed by atoms with E-state index in [1.54, 1.807) is 0 Å². The zero-order valence-electron chi connectivity index (χ0n) is 11.8. The second-order valence-electron chi connectivity index (χ2n) is 4.85. The first kappa shape index (κ1) is 13.7. The lowest BCUT2D eigenvalue weighted by atomic mass is 9.92. The highest BCUT2D eigenvalue weighted by Crippen LogP contribution is 2.35. The third-order valence-corrected chi connectivity index (χ3v) is 4.49. The minimum atomic E-state index is -0.904.